The van der Waals surface area contributed by atoms with E-state index in [2.05, 4.69) is 11.4 Å². The Kier molecular flexibility index (Phi) is 8.67. The van der Waals surface area contributed by atoms with E-state index >= 15 is 0 Å². The highest BCUT2D eigenvalue weighted by molar-refractivity contribution is 7.89. The van der Waals surface area contributed by atoms with Gasteiger partial charge in [0.05, 0.1) is 22.7 Å². The lowest BCUT2D eigenvalue weighted by Crippen LogP contribution is -2.48. The Labute approximate surface area is 196 Å². The number of ether oxygens (including phenoxy) is 2. The largest absolute Gasteiger partial charge is 0.449 e. The standard InChI is InChI=1S/C24H34N2O6S/c1-17-15-26(16-18(2)31-17)33(29,30)22-11-7-10-21(14-22)24(28)32-19(3)23(27)25-13-12-20-8-5-4-6-9-20/h7-8,10-11,14,17-19H,4-6,9,12-13,15-16H2,1-3H3,(H,25,27). The second-order valence-electron chi connectivity index (χ2n) is 8.80. The first-order valence-corrected chi connectivity index (χ1v) is 13.0. The number of amides is 1. The van der Waals surface area contributed by atoms with Crippen molar-refractivity contribution in [2.75, 3.05) is 19.6 Å². The number of carbonyl (C=O) groups excluding carboxylic acids is 2. The van der Waals surface area contributed by atoms with Gasteiger partial charge in [0.15, 0.2) is 6.10 Å². The highest BCUT2D eigenvalue weighted by Crippen LogP contribution is 2.22. The van der Waals surface area contributed by atoms with Gasteiger partial charge in [-0.15, -0.1) is 0 Å². The van der Waals surface area contributed by atoms with Gasteiger partial charge in [-0.1, -0.05) is 17.7 Å². The molecule has 0 bridgehead atoms. The molecular formula is C24H34N2O6S. The quantitative estimate of drug-likeness (QED) is 0.455. The van der Waals surface area contributed by atoms with Crippen molar-refractivity contribution >= 4 is 21.9 Å². The van der Waals surface area contributed by atoms with Crippen molar-refractivity contribution in [3.8, 4) is 0 Å². The Morgan fingerprint density at radius 2 is 1.94 bits per heavy atom. The number of hydrogen-bond donors (Lipinski definition) is 1. The van der Waals surface area contributed by atoms with E-state index in [0.29, 0.717) is 6.54 Å². The van der Waals surface area contributed by atoms with Gasteiger partial charge >= 0.3 is 5.97 Å². The van der Waals surface area contributed by atoms with Crippen LogP contribution in [0, 0.1) is 0 Å². The summed E-state index contributed by atoms with van der Waals surface area (Å²) in [4.78, 5) is 24.9. The molecule has 1 N–H and O–H groups in total. The van der Waals surface area contributed by atoms with Crippen molar-refractivity contribution in [2.45, 2.75) is 76.1 Å². The van der Waals surface area contributed by atoms with Gasteiger partial charge in [-0.3, -0.25) is 4.79 Å². The summed E-state index contributed by atoms with van der Waals surface area (Å²) >= 11 is 0. The molecule has 1 aliphatic carbocycles. The number of allylic oxidation sites excluding steroid dienone is 1. The maximum absolute atomic E-state index is 13.1. The summed E-state index contributed by atoms with van der Waals surface area (Å²) in [5.74, 6) is -1.12. The molecule has 2 aliphatic rings. The molecule has 182 valence electrons. The number of nitrogens with one attached hydrogen (secondary N) is 1. The number of nitrogens with zero attached hydrogens (tertiary/aromatic N) is 1. The summed E-state index contributed by atoms with van der Waals surface area (Å²) in [6.07, 6.45) is 6.18. The van der Waals surface area contributed by atoms with Crippen LogP contribution in [0.3, 0.4) is 0 Å². The van der Waals surface area contributed by atoms with Gasteiger partial charge in [-0.05, 0) is 71.1 Å². The Morgan fingerprint density at radius 3 is 2.61 bits per heavy atom. The highest BCUT2D eigenvalue weighted by Gasteiger charge is 2.32. The SMILES string of the molecule is CC1CN(S(=O)(=O)c2cccc(C(=O)OC(C)C(=O)NCCC3=CCCCC3)c2)CC(C)O1. The van der Waals surface area contributed by atoms with E-state index in [9.17, 15) is 18.0 Å². The van der Waals surface area contributed by atoms with Gasteiger partial charge in [0.1, 0.15) is 0 Å². The van der Waals surface area contributed by atoms with E-state index in [1.165, 1.54) is 53.9 Å². The molecule has 9 heteroatoms. The average molecular weight is 479 g/mol. The molecule has 8 nitrogen and oxygen atoms in total. The fourth-order valence-electron chi connectivity index (χ4n) is 4.16. The van der Waals surface area contributed by atoms with Gasteiger partial charge in [0.2, 0.25) is 10.0 Å². The first-order chi connectivity index (χ1) is 15.7. The summed E-state index contributed by atoms with van der Waals surface area (Å²) < 4.78 is 38.4. The third kappa shape index (κ3) is 6.88. The van der Waals surface area contributed by atoms with Crippen molar-refractivity contribution in [2.24, 2.45) is 0 Å². The molecule has 1 heterocycles. The Morgan fingerprint density at radius 1 is 1.21 bits per heavy atom. The molecule has 33 heavy (non-hydrogen) atoms. The van der Waals surface area contributed by atoms with Gasteiger partial charge in [-0.2, -0.15) is 4.31 Å². The van der Waals surface area contributed by atoms with Crippen LogP contribution in [0.2, 0.25) is 0 Å². The summed E-state index contributed by atoms with van der Waals surface area (Å²) in [7, 11) is -3.79. The van der Waals surface area contributed by atoms with Crippen molar-refractivity contribution in [3.05, 3.63) is 41.5 Å². The predicted molar refractivity (Wildman–Crippen MR) is 124 cm³/mol. The number of carbonyl (C=O) groups is 2. The molecule has 3 rings (SSSR count). The number of sulfonamides is 1. The van der Waals surface area contributed by atoms with Gasteiger partial charge in [-0.25, -0.2) is 13.2 Å². The second-order valence-corrected chi connectivity index (χ2v) is 10.7. The molecule has 1 fully saturated rings. The molecule has 3 atom stereocenters. The van der Waals surface area contributed by atoms with Crippen LogP contribution in [-0.4, -0.2) is 62.5 Å². The van der Waals surface area contributed by atoms with Crippen LogP contribution in [0.1, 0.15) is 63.2 Å². The van der Waals surface area contributed by atoms with Crippen molar-refractivity contribution in [1.82, 2.24) is 9.62 Å². The van der Waals surface area contributed by atoms with E-state index in [1.54, 1.807) is 0 Å². The molecule has 0 saturated carbocycles. The first-order valence-electron chi connectivity index (χ1n) is 11.6. The lowest BCUT2D eigenvalue weighted by molar-refractivity contribution is -0.129. The zero-order valence-electron chi connectivity index (χ0n) is 19.6. The molecule has 1 aromatic rings. The topological polar surface area (TPSA) is 102 Å². The summed E-state index contributed by atoms with van der Waals surface area (Å²) in [6, 6.07) is 5.72. The molecule has 0 radical (unpaired) electrons. The third-order valence-corrected chi connectivity index (χ3v) is 7.70. The number of morpholine rings is 1. The van der Waals surface area contributed by atoms with Crippen LogP contribution in [0.25, 0.3) is 0 Å². The Bertz CT molecular complexity index is 980. The van der Waals surface area contributed by atoms with E-state index in [1.807, 2.05) is 13.8 Å². The van der Waals surface area contributed by atoms with E-state index in [0.717, 1.165) is 19.3 Å². The normalized spacial score (nSPS) is 22.8. The third-order valence-electron chi connectivity index (χ3n) is 5.88. The summed E-state index contributed by atoms with van der Waals surface area (Å²) in [6.45, 7) is 6.14. The van der Waals surface area contributed by atoms with Crippen molar-refractivity contribution < 1.29 is 27.5 Å². The minimum absolute atomic E-state index is 0.0103. The van der Waals surface area contributed by atoms with Crippen LogP contribution >= 0.6 is 0 Å². The molecular weight excluding hydrogens is 444 g/mol. The van der Waals surface area contributed by atoms with Gasteiger partial charge in [0, 0.05) is 19.6 Å². The van der Waals surface area contributed by atoms with Gasteiger partial charge < -0.3 is 14.8 Å². The number of hydrogen-bond acceptors (Lipinski definition) is 6. The smallest absolute Gasteiger partial charge is 0.338 e. The fraction of sp³-hybridized carbons (Fsp3) is 0.583. The Hall–Kier alpha value is -2.23. The highest BCUT2D eigenvalue weighted by atomic mass is 32.2. The number of rotatable bonds is 8. The van der Waals surface area contributed by atoms with Crippen LogP contribution in [0.5, 0.6) is 0 Å². The van der Waals surface area contributed by atoms with Crippen molar-refractivity contribution in [1.29, 1.82) is 0 Å². The van der Waals surface area contributed by atoms with Crippen molar-refractivity contribution in [3.63, 3.8) is 0 Å². The van der Waals surface area contributed by atoms with Crippen LogP contribution < -0.4 is 5.32 Å². The van der Waals surface area contributed by atoms with Crippen LogP contribution in [0.15, 0.2) is 40.8 Å². The maximum Gasteiger partial charge on any atom is 0.338 e. The van der Waals surface area contributed by atoms with E-state index < -0.39 is 22.1 Å². The molecule has 1 aliphatic heterocycles. The summed E-state index contributed by atoms with van der Waals surface area (Å²) in [5, 5.41) is 2.80. The molecule has 0 aromatic heterocycles. The second kappa shape index (κ2) is 11.3. The molecule has 0 spiro atoms. The maximum atomic E-state index is 13.1. The number of esters is 1. The van der Waals surface area contributed by atoms with E-state index in [-0.39, 0.29) is 41.7 Å². The van der Waals surface area contributed by atoms with Crippen LogP contribution in [0.4, 0.5) is 0 Å². The minimum Gasteiger partial charge on any atom is -0.449 e. The molecule has 3 unspecified atom stereocenters. The Balaban J connectivity index is 1.58. The fourth-order valence-corrected chi connectivity index (χ4v) is 5.80. The zero-order valence-corrected chi connectivity index (χ0v) is 20.4. The first kappa shape index (κ1) is 25.4. The minimum atomic E-state index is -3.79. The monoisotopic (exact) mass is 478 g/mol. The predicted octanol–water partition coefficient (Wildman–Crippen LogP) is 3.04. The molecule has 1 aromatic carbocycles. The lowest BCUT2D eigenvalue weighted by Gasteiger charge is -2.34. The van der Waals surface area contributed by atoms with Gasteiger partial charge in [0.25, 0.3) is 5.91 Å². The average Bonchev–Trinajstić information content (AvgIpc) is 2.79. The zero-order chi connectivity index (χ0) is 24.0. The number of benzene rings is 1. The molecule has 1 amide bonds. The van der Waals surface area contributed by atoms with E-state index in [4.69, 9.17) is 9.47 Å². The lowest BCUT2D eigenvalue weighted by atomic mass is 9.97. The van der Waals surface area contributed by atoms with Crippen LogP contribution in [-0.2, 0) is 24.3 Å². The summed E-state index contributed by atoms with van der Waals surface area (Å²) in [5.41, 5.74) is 1.44. The molecule has 1 saturated heterocycles.